The van der Waals surface area contributed by atoms with E-state index in [4.69, 9.17) is 0 Å². The molecule has 5 radical (unpaired) electrons. The predicted molar refractivity (Wildman–Crippen MR) is 88.9 cm³/mol. The Kier molecular flexibility index (Phi) is 5.17. The minimum atomic E-state index is 0.0581. The zero-order chi connectivity index (χ0) is 15.3. The molecule has 2 aliphatic carbocycles. The number of benzene rings is 1. The first-order valence-corrected chi connectivity index (χ1v) is 8.31. The molecule has 1 amide bonds. The van der Waals surface area contributed by atoms with Crippen LogP contribution in [-0.4, -0.2) is 5.91 Å². The van der Waals surface area contributed by atoms with Gasteiger partial charge >= 0.3 is 0 Å². The van der Waals surface area contributed by atoms with Gasteiger partial charge < -0.3 is 5.32 Å². The Balaban J connectivity index is 1.59. The van der Waals surface area contributed by atoms with Gasteiger partial charge in [-0.1, -0.05) is 49.6 Å². The van der Waals surface area contributed by atoms with Gasteiger partial charge in [0, 0.05) is 13.0 Å². The lowest BCUT2D eigenvalue weighted by atomic mass is 9.63. The van der Waals surface area contributed by atoms with Crippen molar-refractivity contribution in [3.05, 3.63) is 67.5 Å². The first kappa shape index (κ1) is 15.6. The first-order chi connectivity index (χ1) is 10.8. The number of carbonyl (C=O) groups is 1. The second-order valence-corrected chi connectivity index (χ2v) is 6.45. The third-order valence-electron chi connectivity index (χ3n) is 4.92. The highest BCUT2D eigenvalue weighted by atomic mass is 16.1. The van der Waals surface area contributed by atoms with Gasteiger partial charge in [0.15, 0.2) is 0 Å². The summed E-state index contributed by atoms with van der Waals surface area (Å²) in [5.74, 6) is 1.52. The molecule has 0 atom stereocenters. The van der Waals surface area contributed by atoms with Gasteiger partial charge in [0.1, 0.15) is 0 Å². The van der Waals surface area contributed by atoms with Crippen molar-refractivity contribution in [3.8, 4) is 0 Å². The third kappa shape index (κ3) is 3.71. The molecule has 0 saturated heterocycles. The predicted octanol–water partition coefficient (Wildman–Crippen LogP) is 4.05. The monoisotopic (exact) mass is 294 g/mol. The van der Waals surface area contributed by atoms with Crippen LogP contribution in [0.3, 0.4) is 0 Å². The van der Waals surface area contributed by atoms with Crippen molar-refractivity contribution in [1.82, 2.24) is 5.32 Å². The summed E-state index contributed by atoms with van der Waals surface area (Å²) in [6.45, 7) is 0.622. The van der Waals surface area contributed by atoms with Crippen LogP contribution in [0.5, 0.6) is 0 Å². The van der Waals surface area contributed by atoms with Gasteiger partial charge in [-0.05, 0) is 55.4 Å². The summed E-state index contributed by atoms with van der Waals surface area (Å²) in [5, 5.41) is 3.09. The fourth-order valence-corrected chi connectivity index (χ4v) is 3.69. The minimum absolute atomic E-state index is 0.0581. The van der Waals surface area contributed by atoms with Crippen LogP contribution in [0.15, 0.2) is 30.3 Å². The quantitative estimate of drug-likeness (QED) is 0.872. The van der Waals surface area contributed by atoms with Crippen molar-refractivity contribution in [1.29, 1.82) is 0 Å². The molecule has 115 valence electrons. The van der Waals surface area contributed by atoms with Gasteiger partial charge in [0.2, 0.25) is 5.91 Å². The highest BCUT2D eigenvalue weighted by molar-refractivity contribution is 5.77. The van der Waals surface area contributed by atoms with E-state index in [1.807, 2.05) is 30.3 Å². The molecule has 0 heterocycles. The highest BCUT2D eigenvalue weighted by Crippen LogP contribution is 2.51. The van der Waals surface area contributed by atoms with E-state index in [-0.39, 0.29) is 11.3 Å². The molecule has 1 N–H and O–H groups in total. The number of hydrogen-bond acceptors (Lipinski definition) is 1. The summed E-state index contributed by atoms with van der Waals surface area (Å²) >= 11 is 0. The normalized spacial score (nSPS) is 21.6. The summed E-state index contributed by atoms with van der Waals surface area (Å²) in [7, 11) is 0. The number of amides is 1. The lowest BCUT2D eigenvalue weighted by Gasteiger charge is -2.41. The van der Waals surface area contributed by atoms with Crippen LogP contribution in [0.25, 0.3) is 0 Å². The van der Waals surface area contributed by atoms with E-state index in [0.717, 1.165) is 18.4 Å². The molecule has 2 nitrogen and oxygen atoms in total. The third-order valence-corrected chi connectivity index (χ3v) is 4.92. The van der Waals surface area contributed by atoms with Crippen LogP contribution in [0.4, 0.5) is 0 Å². The Morgan fingerprint density at radius 1 is 1.00 bits per heavy atom. The van der Waals surface area contributed by atoms with Gasteiger partial charge in [-0.2, -0.15) is 0 Å². The second-order valence-electron chi connectivity index (χ2n) is 6.45. The van der Waals surface area contributed by atoms with Crippen molar-refractivity contribution in [3.63, 3.8) is 0 Å². The van der Waals surface area contributed by atoms with E-state index in [1.54, 1.807) is 0 Å². The Morgan fingerprint density at radius 2 is 1.68 bits per heavy atom. The molecule has 0 aliphatic heterocycles. The van der Waals surface area contributed by atoms with Crippen molar-refractivity contribution >= 4 is 5.91 Å². The number of rotatable bonds is 5. The molecule has 3 rings (SSSR count). The number of carbonyl (C=O) groups excluding carboxylic acids is 1. The van der Waals surface area contributed by atoms with Crippen molar-refractivity contribution < 1.29 is 4.79 Å². The number of nitrogens with one attached hydrogen (secondary N) is 1. The molecule has 2 aliphatic rings. The zero-order valence-corrected chi connectivity index (χ0v) is 13.1. The van der Waals surface area contributed by atoms with E-state index >= 15 is 0 Å². The van der Waals surface area contributed by atoms with Gasteiger partial charge in [0.25, 0.3) is 0 Å². The summed E-state index contributed by atoms with van der Waals surface area (Å²) in [6.07, 6.45) is 15.2. The molecule has 22 heavy (non-hydrogen) atoms. The molecule has 2 saturated carbocycles. The highest BCUT2D eigenvalue weighted by Gasteiger charge is 2.42. The Morgan fingerprint density at radius 3 is 2.36 bits per heavy atom. The minimum Gasteiger partial charge on any atom is -0.352 e. The van der Waals surface area contributed by atoms with Crippen LogP contribution in [-0.2, 0) is 11.3 Å². The molecule has 0 bridgehead atoms. The van der Waals surface area contributed by atoms with Crippen LogP contribution in [0.1, 0.15) is 44.1 Å². The maximum atomic E-state index is 12.5. The molecule has 0 aromatic heterocycles. The lowest BCUT2D eigenvalue weighted by Crippen LogP contribution is -2.37. The van der Waals surface area contributed by atoms with Crippen LogP contribution in [0, 0.1) is 37.0 Å². The average Bonchev–Trinajstić information content (AvgIpc) is 3.10. The summed E-state index contributed by atoms with van der Waals surface area (Å²) in [6, 6.07) is 10.1. The van der Waals surface area contributed by atoms with E-state index in [0.29, 0.717) is 13.0 Å². The van der Waals surface area contributed by atoms with E-state index < -0.39 is 0 Å². The molecule has 1 aromatic carbocycles. The molecular formula is C20H24NO. The van der Waals surface area contributed by atoms with E-state index in [2.05, 4.69) is 31.0 Å². The molecule has 0 unspecified atom stereocenters. The molecule has 1 aromatic rings. The van der Waals surface area contributed by atoms with Crippen molar-refractivity contribution in [2.24, 2.45) is 5.41 Å². The van der Waals surface area contributed by atoms with Crippen LogP contribution >= 0.6 is 0 Å². The fraction of sp³-hybridized carbons (Fsp3) is 0.400. The summed E-state index contributed by atoms with van der Waals surface area (Å²) in [4.78, 5) is 12.5. The average molecular weight is 294 g/mol. The Labute approximate surface area is 134 Å². The van der Waals surface area contributed by atoms with Crippen molar-refractivity contribution in [2.45, 2.75) is 45.1 Å². The number of hydrogen-bond donors (Lipinski definition) is 1. The van der Waals surface area contributed by atoms with Gasteiger partial charge in [-0.15, -0.1) is 0 Å². The summed E-state index contributed by atoms with van der Waals surface area (Å²) in [5.41, 5.74) is 1.21. The smallest absolute Gasteiger partial charge is 0.220 e. The first-order valence-electron chi connectivity index (χ1n) is 8.31. The van der Waals surface area contributed by atoms with E-state index in [9.17, 15) is 4.79 Å². The molecule has 2 heteroatoms. The van der Waals surface area contributed by atoms with E-state index in [1.165, 1.54) is 25.2 Å². The standard InChI is InChI=1S/C20H24NO/c22-19(21-16-17-9-3-1-4-10-17)15-20(13-7-2-8-14-20)18-11-5-6-12-18/h1,3-6,9-12H,2,7-8,13-16H2,(H,21,22). The van der Waals surface area contributed by atoms with Crippen LogP contribution < -0.4 is 5.32 Å². The Bertz CT molecular complexity index is 470. The largest absolute Gasteiger partial charge is 0.352 e. The second kappa shape index (κ2) is 7.30. The topological polar surface area (TPSA) is 29.1 Å². The summed E-state index contributed by atoms with van der Waals surface area (Å²) < 4.78 is 0. The fourth-order valence-electron chi connectivity index (χ4n) is 3.69. The lowest BCUT2D eigenvalue weighted by molar-refractivity contribution is -0.123. The maximum Gasteiger partial charge on any atom is 0.220 e. The van der Waals surface area contributed by atoms with Gasteiger partial charge in [-0.3, -0.25) is 4.79 Å². The van der Waals surface area contributed by atoms with Crippen molar-refractivity contribution in [2.75, 3.05) is 0 Å². The van der Waals surface area contributed by atoms with Gasteiger partial charge in [-0.25, -0.2) is 0 Å². The Hall–Kier alpha value is -1.31. The molecular weight excluding hydrogens is 270 g/mol. The zero-order valence-electron chi connectivity index (χ0n) is 13.1. The SMILES string of the molecule is O=C(CC1([C]2[CH][CH][CH][CH]2)CCCCC1)NCc1ccccc1. The van der Waals surface area contributed by atoms with Gasteiger partial charge in [0.05, 0.1) is 0 Å². The van der Waals surface area contributed by atoms with Crippen LogP contribution in [0.2, 0.25) is 0 Å². The molecule has 2 fully saturated rings. The maximum absolute atomic E-state index is 12.5. The molecule has 0 spiro atoms.